The smallest absolute Gasteiger partial charge is 0.290 e. The van der Waals surface area contributed by atoms with Gasteiger partial charge in [0, 0.05) is 25.0 Å². The Bertz CT molecular complexity index is 376. The first-order chi connectivity index (χ1) is 7.27. The Kier molecular flexibility index (Phi) is 3.01. The van der Waals surface area contributed by atoms with Crippen LogP contribution in [-0.4, -0.2) is 22.6 Å². The van der Waals surface area contributed by atoms with Crippen LogP contribution in [0.25, 0.3) is 0 Å². The highest BCUT2D eigenvalue weighted by molar-refractivity contribution is 5.30. The van der Waals surface area contributed by atoms with Crippen molar-refractivity contribution < 1.29 is 0 Å². The summed E-state index contributed by atoms with van der Waals surface area (Å²) in [5.74, 6) is 0.850. The third-order valence-electron chi connectivity index (χ3n) is 2.96. The molecule has 1 fully saturated rings. The van der Waals surface area contributed by atoms with E-state index in [4.69, 9.17) is 5.73 Å². The Balaban J connectivity index is 1.93. The number of anilines is 1. The van der Waals surface area contributed by atoms with Crippen molar-refractivity contribution in [3.05, 3.63) is 22.7 Å². The van der Waals surface area contributed by atoms with Gasteiger partial charge in [0.2, 0.25) is 0 Å². The summed E-state index contributed by atoms with van der Waals surface area (Å²) in [6.07, 6.45) is 6.50. The largest absolute Gasteiger partial charge is 0.365 e. The first-order valence-electron chi connectivity index (χ1n) is 5.30. The highest BCUT2D eigenvalue weighted by atomic mass is 16.1. The number of aromatic nitrogens is 2. The van der Waals surface area contributed by atoms with Gasteiger partial charge in [-0.15, -0.1) is 0 Å². The van der Waals surface area contributed by atoms with Gasteiger partial charge in [0.1, 0.15) is 0 Å². The molecule has 1 aromatic rings. The van der Waals surface area contributed by atoms with Crippen molar-refractivity contribution in [2.75, 3.05) is 11.9 Å². The molecule has 0 spiro atoms. The van der Waals surface area contributed by atoms with Crippen molar-refractivity contribution in [2.24, 2.45) is 11.7 Å². The molecule has 1 aliphatic rings. The van der Waals surface area contributed by atoms with Gasteiger partial charge in [-0.2, -0.15) is 0 Å². The lowest BCUT2D eigenvalue weighted by molar-refractivity contribution is 0.504. The summed E-state index contributed by atoms with van der Waals surface area (Å²) in [6, 6.07) is 0.264. The fourth-order valence-electron chi connectivity index (χ4n) is 2.02. The summed E-state index contributed by atoms with van der Waals surface area (Å²) in [5, 5.41) is 3.05. The van der Waals surface area contributed by atoms with Crippen LogP contribution < -0.4 is 16.6 Å². The van der Waals surface area contributed by atoms with Crippen LogP contribution in [0.4, 0.5) is 5.82 Å². The predicted octanol–water partition coefficient (Wildman–Crippen LogP) is 0.309. The van der Waals surface area contributed by atoms with Crippen molar-refractivity contribution in [1.29, 1.82) is 0 Å². The van der Waals surface area contributed by atoms with E-state index in [9.17, 15) is 4.79 Å². The minimum atomic E-state index is -0.177. The van der Waals surface area contributed by atoms with Gasteiger partial charge in [-0.1, -0.05) is 6.42 Å². The Morgan fingerprint density at radius 2 is 2.47 bits per heavy atom. The first kappa shape index (κ1) is 10.2. The van der Waals surface area contributed by atoms with Gasteiger partial charge >= 0.3 is 0 Å². The van der Waals surface area contributed by atoms with Crippen LogP contribution in [0.1, 0.15) is 19.3 Å². The molecule has 1 aromatic heterocycles. The molecule has 4 N–H and O–H groups in total. The van der Waals surface area contributed by atoms with Crippen molar-refractivity contribution in [3.8, 4) is 0 Å². The van der Waals surface area contributed by atoms with Gasteiger partial charge in [-0.25, -0.2) is 4.98 Å². The van der Waals surface area contributed by atoms with Crippen LogP contribution >= 0.6 is 0 Å². The first-order valence-corrected chi connectivity index (χ1v) is 5.30. The van der Waals surface area contributed by atoms with E-state index in [1.54, 1.807) is 6.20 Å². The molecular formula is C10H16N4O. The molecule has 2 rings (SSSR count). The van der Waals surface area contributed by atoms with Crippen molar-refractivity contribution in [1.82, 2.24) is 9.97 Å². The van der Waals surface area contributed by atoms with Crippen molar-refractivity contribution in [2.45, 2.75) is 25.3 Å². The minimum absolute atomic E-state index is 0.177. The minimum Gasteiger partial charge on any atom is -0.365 e. The third kappa shape index (κ3) is 2.36. The van der Waals surface area contributed by atoms with Crippen LogP contribution in [0.2, 0.25) is 0 Å². The van der Waals surface area contributed by atoms with E-state index >= 15 is 0 Å². The van der Waals surface area contributed by atoms with E-state index in [0.717, 1.165) is 19.4 Å². The van der Waals surface area contributed by atoms with Crippen LogP contribution in [0, 0.1) is 5.92 Å². The Morgan fingerprint density at radius 1 is 1.60 bits per heavy atom. The van der Waals surface area contributed by atoms with E-state index in [-0.39, 0.29) is 11.6 Å². The van der Waals surface area contributed by atoms with E-state index < -0.39 is 0 Å². The second kappa shape index (κ2) is 4.44. The van der Waals surface area contributed by atoms with E-state index in [1.165, 1.54) is 12.6 Å². The summed E-state index contributed by atoms with van der Waals surface area (Å²) < 4.78 is 0. The van der Waals surface area contributed by atoms with Crippen LogP contribution in [0.5, 0.6) is 0 Å². The van der Waals surface area contributed by atoms with Gasteiger partial charge in [0.05, 0.1) is 0 Å². The summed E-state index contributed by atoms with van der Waals surface area (Å²) in [5.41, 5.74) is 5.76. The molecule has 5 nitrogen and oxygen atoms in total. The number of hydrogen-bond donors (Lipinski definition) is 3. The fourth-order valence-corrected chi connectivity index (χ4v) is 2.02. The van der Waals surface area contributed by atoms with Gasteiger partial charge in [0.25, 0.3) is 5.56 Å². The van der Waals surface area contributed by atoms with E-state index in [2.05, 4.69) is 15.3 Å². The molecule has 0 aliphatic heterocycles. The maximum atomic E-state index is 11.3. The third-order valence-corrected chi connectivity index (χ3v) is 2.96. The van der Waals surface area contributed by atoms with Gasteiger partial charge in [-0.05, 0) is 18.8 Å². The zero-order chi connectivity index (χ0) is 10.7. The molecule has 1 aliphatic carbocycles. The Hall–Kier alpha value is -1.36. The van der Waals surface area contributed by atoms with Crippen molar-refractivity contribution >= 4 is 5.82 Å². The molecule has 82 valence electrons. The molecule has 0 bridgehead atoms. The topological polar surface area (TPSA) is 83.8 Å². The lowest BCUT2D eigenvalue weighted by Crippen LogP contribution is -2.31. The van der Waals surface area contributed by atoms with Crippen LogP contribution in [0.15, 0.2) is 17.2 Å². The van der Waals surface area contributed by atoms with Crippen molar-refractivity contribution in [3.63, 3.8) is 0 Å². The average molecular weight is 208 g/mol. The number of hydrogen-bond acceptors (Lipinski definition) is 4. The second-order valence-electron chi connectivity index (χ2n) is 4.00. The summed E-state index contributed by atoms with van der Waals surface area (Å²) in [7, 11) is 0. The molecular weight excluding hydrogens is 192 g/mol. The molecule has 0 amide bonds. The molecule has 0 saturated heterocycles. The molecule has 5 heteroatoms. The normalized spacial score (nSPS) is 25.4. The number of aromatic amines is 1. The monoisotopic (exact) mass is 208 g/mol. The number of rotatable bonds is 3. The Morgan fingerprint density at radius 3 is 3.13 bits per heavy atom. The fraction of sp³-hybridized carbons (Fsp3) is 0.600. The zero-order valence-electron chi connectivity index (χ0n) is 8.57. The molecule has 15 heavy (non-hydrogen) atoms. The number of H-pyrrole nitrogens is 1. The van der Waals surface area contributed by atoms with Crippen LogP contribution in [0.3, 0.4) is 0 Å². The SMILES string of the molecule is NC1CCCC1CNc1ncc[nH]c1=O. The summed E-state index contributed by atoms with van der Waals surface area (Å²) in [6.45, 7) is 0.737. The number of nitrogens with one attached hydrogen (secondary N) is 2. The lowest BCUT2D eigenvalue weighted by Gasteiger charge is -2.15. The predicted molar refractivity (Wildman–Crippen MR) is 58.7 cm³/mol. The van der Waals surface area contributed by atoms with Crippen LogP contribution in [-0.2, 0) is 0 Å². The zero-order valence-corrected chi connectivity index (χ0v) is 8.57. The van der Waals surface area contributed by atoms with E-state index in [1.807, 2.05) is 0 Å². The van der Waals surface area contributed by atoms with Gasteiger partial charge in [-0.3, -0.25) is 4.79 Å². The average Bonchev–Trinajstić information content (AvgIpc) is 2.63. The number of nitrogens with zero attached hydrogens (tertiary/aromatic N) is 1. The van der Waals surface area contributed by atoms with E-state index in [0.29, 0.717) is 11.7 Å². The summed E-state index contributed by atoms with van der Waals surface area (Å²) in [4.78, 5) is 17.8. The van der Waals surface area contributed by atoms with Gasteiger partial charge < -0.3 is 16.0 Å². The molecule has 2 atom stereocenters. The maximum Gasteiger partial charge on any atom is 0.290 e. The molecule has 2 unspecified atom stereocenters. The maximum absolute atomic E-state index is 11.3. The second-order valence-corrected chi connectivity index (χ2v) is 4.00. The molecule has 0 aromatic carbocycles. The highest BCUT2D eigenvalue weighted by Gasteiger charge is 2.23. The molecule has 1 saturated carbocycles. The highest BCUT2D eigenvalue weighted by Crippen LogP contribution is 2.23. The number of nitrogens with two attached hydrogens (primary N) is 1. The summed E-state index contributed by atoms with van der Waals surface area (Å²) >= 11 is 0. The molecule has 0 radical (unpaired) electrons. The lowest BCUT2D eigenvalue weighted by atomic mass is 10.1. The quantitative estimate of drug-likeness (QED) is 0.667. The Labute approximate surface area is 88.1 Å². The van der Waals surface area contributed by atoms with Gasteiger partial charge in [0.15, 0.2) is 5.82 Å². The molecule has 1 heterocycles. The standard InChI is InChI=1S/C10H16N4O/c11-8-3-1-2-7(8)6-14-9-10(15)13-5-4-12-9/h4-5,7-8H,1-3,6,11H2,(H,12,14)(H,13,15).